The fourth-order valence-corrected chi connectivity index (χ4v) is 3.12. The minimum atomic E-state index is -0.188. The number of piperidine rings is 1. The first-order chi connectivity index (χ1) is 10.2. The predicted octanol–water partition coefficient (Wildman–Crippen LogP) is 3.17. The fourth-order valence-electron chi connectivity index (χ4n) is 3.12. The molecule has 1 unspecified atom stereocenters. The summed E-state index contributed by atoms with van der Waals surface area (Å²) in [7, 11) is 0. The molecule has 1 N–H and O–H groups in total. The second kappa shape index (κ2) is 6.39. The van der Waals surface area contributed by atoms with Crippen molar-refractivity contribution in [1.82, 2.24) is 14.9 Å². The van der Waals surface area contributed by atoms with Crippen LogP contribution in [0.3, 0.4) is 0 Å². The number of nitrogens with one attached hydrogen (secondary N) is 1. The van der Waals surface area contributed by atoms with Gasteiger partial charge in [-0.1, -0.05) is 12.1 Å². The first-order valence-electron chi connectivity index (χ1n) is 7.71. The van der Waals surface area contributed by atoms with Crippen LogP contribution in [0, 0.1) is 11.7 Å². The van der Waals surface area contributed by atoms with Crippen LogP contribution in [0.5, 0.6) is 0 Å². The summed E-state index contributed by atoms with van der Waals surface area (Å²) in [6, 6.07) is 6.94. The smallest absolute Gasteiger partial charge is 0.123 e. The molecule has 1 saturated heterocycles. The predicted molar refractivity (Wildman–Crippen MR) is 81.7 cm³/mol. The topological polar surface area (TPSA) is 29.9 Å². The monoisotopic (exact) mass is 287 g/mol. The largest absolute Gasteiger partial charge is 0.327 e. The van der Waals surface area contributed by atoms with E-state index in [0.29, 0.717) is 0 Å². The molecule has 1 aromatic carbocycles. The summed E-state index contributed by atoms with van der Waals surface area (Å²) in [6.45, 7) is 4.37. The lowest BCUT2D eigenvalue weighted by Gasteiger charge is -2.24. The van der Waals surface area contributed by atoms with Gasteiger partial charge >= 0.3 is 0 Å². The highest BCUT2D eigenvalue weighted by molar-refractivity contribution is 5.21. The number of hydrogen-bond acceptors (Lipinski definition) is 2. The van der Waals surface area contributed by atoms with Crippen molar-refractivity contribution in [1.29, 1.82) is 0 Å². The molecule has 2 heterocycles. The molecular formula is C17H22FN3. The van der Waals surface area contributed by atoms with E-state index in [1.54, 1.807) is 0 Å². The van der Waals surface area contributed by atoms with Crippen LogP contribution < -0.4 is 5.32 Å². The molecule has 1 fully saturated rings. The van der Waals surface area contributed by atoms with E-state index >= 15 is 0 Å². The lowest BCUT2D eigenvalue weighted by atomic mass is 9.93. The van der Waals surface area contributed by atoms with E-state index in [9.17, 15) is 4.39 Å². The maximum Gasteiger partial charge on any atom is 0.123 e. The first kappa shape index (κ1) is 14.3. The highest BCUT2D eigenvalue weighted by Gasteiger charge is 2.18. The summed E-state index contributed by atoms with van der Waals surface area (Å²) in [6.07, 6.45) is 7.41. The lowest BCUT2D eigenvalue weighted by molar-refractivity contribution is 0.364. The molecule has 1 aliphatic heterocycles. The summed E-state index contributed by atoms with van der Waals surface area (Å²) in [5.74, 6) is 0.550. The van der Waals surface area contributed by atoms with Crippen LogP contribution in [0.25, 0.3) is 0 Å². The zero-order chi connectivity index (χ0) is 14.7. The summed E-state index contributed by atoms with van der Waals surface area (Å²) in [5, 5.41) is 3.40. The van der Waals surface area contributed by atoms with Gasteiger partial charge in [-0.15, -0.1) is 0 Å². The lowest BCUT2D eigenvalue weighted by Crippen LogP contribution is -2.29. The SMILES string of the molecule is CC(c1ccc(F)cc1)n1cncc1CC1CCNCC1. The Kier molecular flexibility index (Phi) is 4.34. The van der Waals surface area contributed by atoms with Crippen molar-refractivity contribution < 1.29 is 4.39 Å². The standard InChI is InChI=1S/C17H22FN3/c1-13(15-2-4-16(18)5-3-15)21-12-20-11-17(21)10-14-6-8-19-9-7-14/h2-5,11-14,19H,6-10H2,1H3. The molecule has 4 heteroatoms. The number of nitrogens with zero attached hydrogens (tertiary/aromatic N) is 2. The number of imidazole rings is 1. The average Bonchev–Trinajstić information content (AvgIpc) is 2.96. The molecule has 1 aromatic heterocycles. The number of benzene rings is 1. The Bertz CT molecular complexity index is 570. The molecule has 0 saturated carbocycles. The molecule has 0 bridgehead atoms. The average molecular weight is 287 g/mol. The van der Waals surface area contributed by atoms with E-state index < -0.39 is 0 Å². The Labute approximate surface area is 125 Å². The first-order valence-corrected chi connectivity index (χ1v) is 7.71. The Hall–Kier alpha value is -1.68. The van der Waals surface area contributed by atoms with E-state index in [0.717, 1.165) is 31.0 Å². The molecule has 21 heavy (non-hydrogen) atoms. The molecule has 0 amide bonds. The van der Waals surface area contributed by atoms with Crippen molar-refractivity contribution >= 4 is 0 Å². The maximum atomic E-state index is 13.1. The van der Waals surface area contributed by atoms with E-state index in [4.69, 9.17) is 0 Å². The van der Waals surface area contributed by atoms with Crippen molar-refractivity contribution in [2.45, 2.75) is 32.2 Å². The third-order valence-electron chi connectivity index (χ3n) is 4.47. The van der Waals surface area contributed by atoms with Crippen LogP contribution in [-0.2, 0) is 6.42 Å². The molecular weight excluding hydrogens is 265 g/mol. The summed E-state index contributed by atoms with van der Waals surface area (Å²) in [4.78, 5) is 4.33. The number of halogens is 1. The quantitative estimate of drug-likeness (QED) is 0.936. The van der Waals surface area contributed by atoms with Crippen LogP contribution in [0.15, 0.2) is 36.8 Å². The normalized spacial score (nSPS) is 17.8. The molecule has 112 valence electrons. The molecule has 1 aliphatic rings. The minimum absolute atomic E-state index is 0.185. The van der Waals surface area contributed by atoms with Gasteiger partial charge in [-0.25, -0.2) is 9.37 Å². The van der Waals surface area contributed by atoms with Gasteiger partial charge in [0.1, 0.15) is 5.82 Å². The van der Waals surface area contributed by atoms with E-state index in [1.165, 1.54) is 30.7 Å². The van der Waals surface area contributed by atoms with Crippen molar-refractivity contribution in [3.63, 3.8) is 0 Å². The second-order valence-corrected chi connectivity index (χ2v) is 5.92. The van der Waals surface area contributed by atoms with Crippen molar-refractivity contribution in [2.75, 3.05) is 13.1 Å². The van der Waals surface area contributed by atoms with Gasteiger partial charge in [0.2, 0.25) is 0 Å². The minimum Gasteiger partial charge on any atom is -0.327 e. The van der Waals surface area contributed by atoms with E-state index in [-0.39, 0.29) is 11.9 Å². The van der Waals surface area contributed by atoms with Gasteiger partial charge in [-0.05, 0) is 62.9 Å². The van der Waals surface area contributed by atoms with E-state index in [1.807, 2.05) is 24.7 Å². The Morgan fingerprint density at radius 2 is 2.00 bits per heavy atom. The third kappa shape index (κ3) is 3.32. The van der Waals surface area contributed by atoms with Crippen molar-refractivity contribution in [2.24, 2.45) is 5.92 Å². The van der Waals surface area contributed by atoms with Gasteiger partial charge in [0.25, 0.3) is 0 Å². The van der Waals surface area contributed by atoms with Gasteiger partial charge in [0.15, 0.2) is 0 Å². The number of hydrogen-bond donors (Lipinski definition) is 1. The van der Waals surface area contributed by atoms with Crippen LogP contribution in [0.2, 0.25) is 0 Å². The van der Waals surface area contributed by atoms with Crippen LogP contribution in [0.4, 0.5) is 4.39 Å². The fraction of sp³-hybridized carbons (Fsp3) is 0.471. The van der Waals surface area contributed by atoms with E-state index in [2.05, 4.69) is 21.8 Å². The maximum absolute atomic E-state index is 13.1. The van der Waals surface area contributed by atoms with Gasteiger partial charge < -0.3 is 9.88 Å². The van der Waals surface area contributed by atoms with Gasteiger partial charge in [0.05, 0.1) is 12.4 Å². The summed E-state index contributed by atoms with van der Waals surface area (Å²) >= 11 is 0. The Balaban J connectivity index is 1.76. The summed E-state index contributed by atoms with van der Waals surface area (Å²) < 4.78 is 15.3. The highest BCUT2D eigenvalue weighted by Crippen LogP contribution is 2.23. The van der Waals surface area contributed by atoms with Crippen molar-refractivity contribution in [3.05, 3.63) is 53.9 Å². The Morgan fingerprint density at radius 3 is 2.71 bits per heavy atom. The Morgan fingerprint density at radius 1 is 1.29 bits per heavy atom. The van der Waals surface area contributed by atoms with Crippen LogP contribution >= 0.6 is 0 Å². The van der Waals surface area contributed by atoms with Gasteiger partial charge in [0, 0.05) is 11.9 Å². The summed E-state index contributed by atoms with van der Waals surface area (Å²) in [5.41, 5.74) is 2.39. The number of rotatable bonds is 4. The highest BCUT2D eigenvalue weighted by atomic mass is 19.1. The molecule has 3 rings (SSSR count). The van der Waals surface area contributed by atoms with Crippen molar-refractivity contribution in [3.8, 4) is 0 Å². The zero-order valence-corrected chi connectivity index (χ0v) is 12.4. The number of aromatic nitrogens is 2. The molecule has 1 atom stereocenters. The van der Waals surface area contributed by atoms with Gasteiger partial charge in [-0.2, -0.15) is 0 Å². The molecule has 0 radical (unpaired) electrons. The molecule has 2 aromatic rings. The second-order valence-electron chi connectivity index (χ2n) is 5.92. The van der Waals surface area contributed by atoms with Crippen LogP contribution in [0.1, 0.15) is 37.1 Å². The van der Waals surface area contributed by atoms with Gasteiger partial charge in [-0.3, -0.25) is 0 Å². The van der Waals surface area contributed by atoms with Crippen LogP contribution in [-0.4, -0.2) is 22.6 Å². The third-order valence-corrected chi connectivity index (χ3v) is 4.47. The molecule has 0 spiro atoms. The zero-order valence-electron chi connectivity index (χ0n) is 12.4. The molecule has 3 nitrogen and oxygen atoms in total. The molecule has 0 aliphatic carbocycles.